The molecule has 0 bridgehead atoms. The number of carbonyl (C=O) groups excluding carboxylic acids is 1. The summed E-state index contributed by atoms with van der Waals surface area (Å²) in [5.74, 6) is 0.553. The Bertz CT molecular complexity index is 813. The normalized spacial score (nSPS) is 17.8. The van der Waals surface area contributed by atoms with Crippen molar-refractivity contribution in [2.24, 2.45) is 0 Å². The summed E-state index contributed by atoms with van der Waals surface area (Å²) in [6.07, 6.45) is 7.23. The Labute approximate surface area is 139 Å². The largest absolute Gasteiger partial charge is 0.471 e. The zero-order chi connectivity index (χ0) is 16.4. The Morgan fingerprint density at radius 3 is 3.04 bits per heavy atom. The highest BCUT2D eigenvalue weighted by molar-refractivity contribution is 5.95. The molecular formula is C18H18N4O2. The Balaban J connectivity index is 1.48. The first-order valence-electron chi connectivity index (χ1n) is 8.10. The fourth-order valence-electron chi connectivity index (χ4n) is 3.09. The topological polar surface area (TPSA) is 59.7 Å². The van der Waals surface area contributed by atoms with E-state index in [1.807, 2.05) is 46.0 Å². The van der Waals surface area contributed by atoms with Crippen LogP contribution in [-0.2, 0) is 0 Å². The van der Waals surface area contributed by atoms with Gasteiger partial charge in [0.2, 0.25) is 5.88 Å². The smallest absolute Gasteiger partial charge is 0.255 e. The molecule has 1 amide bonds. The lowest BCUT2D eigenvalue weighted by Gasteiger charge is -2.32. The summed E-state index contributed by atoms with van der Waals surface area (Å²) in [6.45, 7) is 1.33. The van der Waals surface area contributed by atoms with Crippen molar-refractivity contribution in [1.29, 1.82) is 0 Å². The number of likely N-dealkylation sites (tertiary alicyclic amines) is 1. The number of piperidine rings is 1. The van der Waals surface area contributed by atoms with Crippen molar-refractivity contribution < 1.29 is 9.53 Å². The number of pyridine rings is 1. The predicted molar refractivity (Wildman–Crippen MR) is 89.0 cm³/mol. The van der Waals surface area contributed by atoms with Crippen molar-refractivity contribution in [3.05, 3.63) is 60.6 Å². The van der Waals surface area contributed by atoms with Crippen molar-refractivity contribution in [2.45, 2.75) is 18.9 Å². The van der Waals surface area contributed by atoms with E-state index in [1.54, 1.807) is 18.3 Å². The molecule has 24 heavy (non-hydrogen) atoms. The fraction of sp³-hybridized carbons (Fsp3) is 0.278. The molecule has 6 nitrogen and oxygen atoms in total. The van der Waals surface area contributed by atoms with Crippen LogP contribution in [0, 0.1) is 0 Å². The molecule has 1 saturated heterocycles. The second-order valence-corrected chi connectivity index (χ2v) is 5.96. The van der Waals surface area contributed by atoms with E-state index in [0.29, 0.717) is 18.0 Å². The maximum Gasteiger partial charge on any atom is 0.255 e. The molecule has 4 heterocycles. The van der Waals surface area contributed by atoms with Crippen LogP contribution in [-0.4, -0.2) is 44.6 Å². The van der Waals surface area contributed by atoms with Crippen molar-refractivity contribution in [1.82, 2.24) is 19.5 Å². The highest BCUT2D eigenvalue weighted by Gasteiger charge is 2.26. The van der Waals surface area contributed by atoms with Gasteiger partial charge in [0.25, 0.3) is 5.91 Å². The van der Waals surface area contributed by atoms with Crippen LogP contribution in [0.5, 0.6) is 5.88 Å². The maximum atomic E-state index is 12.8. The molecule has 3 aromatic heterocycles. The Hall–Kier alpha value is -2.89. The molecule has 3 aromatic rings. The summed E-state index contributed by atoms with van der Waals surface area (Å²) in [5.41, 5.74) is 1.73. The van der Waals surface area contributed by atoms with E-state index >= 15 is 0 Å². The van der Waals surface area contributed by atoms with E-state index in [9.17, 15) is 4.79 Å². The lowest BCUT2D eigenvalue weighted by atomic mass is 10.1. The van der Waals surface area contributed by atoms with Gasteiger partial charge in [-0.15, -0.1) is 5.10 Å². The third-order valence-corrected chi connectivity index (χ3v) is 4.25. The number of amides is 1. The van der Waals surface area contributed by atoms with Gasteiger partial charge in [-0.2, -0.15) is 5.10 Å². The Morgan fingerprint density at radius 1 is 1.25 bits per heavy atom. The summed E-state index contributed by atoms with van der Waals surface area (Å²) in [5, 5.41) is 7.77. The summed E-state index contributed by atoms with van der Waals surface area (Å²) in [7, 11) is 0. The Kier molecular flexibility index (Phi) is 3.86. The zero-order valence-corrected chi connectivity index (χ0v) is 13.2. The van der Waals surface area contributed by atoms with Crippen LogP contribution < -0.4 is 4.74 Å². The highest BCUT2D eigenvalue weighted by atomic mass is 16.5. The number of aromatic nitrogens is 3. The van der Waals surface area contributed by atoms with Crippen LogP contribution in [0.2, 0.25) is 0 Å². The quantitative estimate of drug-likeness (QED) is 0.743. The minimum Gasteiger partial charge on any atom is -0.471 e. The van der Waals surface area contributed by atoms with E-state index in [2.05, 4.69) is 10.2 Å². The van der Waals surface area contributed by atoms with Gasteiger partial charge in [0, 0.05) is 36.7 Å². The minimum absolute atomic E-state index is 0.0450. The van der Waals surface area contributed by atoms with E-state index < -0.39 is 0 Å². The molecule has 1 fully saturated rings. The lowest BCUT2D eigenvalue weighted by Crippen LogP contribution is -2.44. The van der Waals surface area contributed by atoms with E-state index in [4.69, 9.17) is 4.74 Å². The van der Waals surface area contributed by atoms with Crippen LogP contribution in [0.15, 0.2) is 55.0 Å². The first kappa shape index (κ1) is 14.7. The van der Waals surface area contributed by atoms with Crippen molar-refractivity contribution in [3.63, 3.8) is 0 Å². The summed E-state index contributed by atoms with van der Waals surface area (Å²) in [4.78, 5) is 14.7. The van der Waals surface area contributed by atoms with Crippen molar-refractivity contribution in [3.8, 4) is 5.88 Å². The predicted octanol–water partition coefficient (Wildman–Crippen LogP) is 2.41. The molecule has 1 aliphatic rings. The first-order valence-corrected chi connectivity index (χ1v) is 8.10. The molecule has 4 rings (SSSR count). The molecule has 122 valence electrons. The van der Waals surface area contributed by atoms with Gasteiger partial charge >= 0.3 is 0 Å². The van der Waals surface area contributed by atoms with Crippen LogP contribution in [0.25, 0.3) is 5.52 Å². The molecule has 1 atom stereocenters. The number of carbonyl (C=O) groups is 1. The lowest BCUT2D eigenvalue weighted by molar-refractivity contribution is 0.0525. The van der Waals surface area contributed by atoms with Crippen LogP contribution in [0.1, 0.15) is 23.2 Å². The average Bonchev–Trinajstić information content (AvgIpc) is 3.06. The second kappa shape index (κ2) is 6.31. The molecule has 0 saturated carbocycles. The molecule has 0 unspecified atom stereocenters. The van der Waals surface area contributed by atoms with Gasteiger partial charge in [-0.05, 0) is 37.1 Å². The van der Waals surface area contributed by atoms with Crippen molar-refractivity contribution >= 4 is 11.4 Å². The monoisotopic (exact) mass is 322 g/mol. The molecular weight excluding hydrogens is 304 g/mol. The molecule has 0 radical (unpaired) electrons. The van der Waals surface area contributed by atoms with Crippen molar-refractivity contribution in [2.75, 3.05) is 13.1 Å². The average molecular weight is 322 g/mol. The molecule has 6 heteroatoms. The van der Waals surface area contributed by atoms with Gasteiger partial charge in [-0.1, -0.05) is 6.07 Å². The molecule has 0 N–H and O–H groups in total. The SMILES string of the molecule is O=C(c1cc2ccccn2c1)N1CCC[C@H](Oc2cccnn2)C1. The number of fused-ring (bicyclic) bond motifs is 1. The third kappa shape index (κ3) is 2.95. The molecule has 0 spiro atoms. The number of nitrogens with zero attached hydrogens (tertiary/aromatic N) is 4. The molecule has 0 aliphatic carbocycles. The number of rotatable bonds is 3. The number of ether oxygens (including phenoxy) is 1. The minimum atomic E-state index is -0.0450. The summed E-state index contributed by atoms with van der Waals surface area (Å²) < 4.78 is 7.82. The molecule has 1 aliphatic heterocycles. The summed E-state index contributed by atoms with van der Waals surface area (Å²) in [6, 6.07) is 11.4. The van der Waals surface area contributed by atoms with Gasteiger partial charge in [0.05, 0.1) is 12.1 Å². The van der Waals surface area contributed by atoms with Gasteiger partial charge in [0.1, 0.15) is 6.10 Å². The Morgan fingerprint density at radius 2 is 2.21 bits per heavy atom. The third-order valence-electron chi connectivity index (χ3n) is 4.25. The van der Waals surface area contributed by atoms with Crippen LogP contribution >= 0.6 is 0 Å². The first-order chi connectivity index (χ1) is 11.8. The highest BCUT2D eigenvalue weighted by Crippen LogP contribution is 2.19. The van der Waals surface area contributed by atoms with Gasteiger partial charge in [0.15, 0.2) is 0 Å². The fourth-order valence-corrected chi connectivity index (χ4v) is 3.09. The van der Waals surface area contributed by atoms with Gasteiger partial charge in [-0.3, -0.25) is 4.79 Å². The zero-order valence-electron chi connectivity index (χ0n) is 13.2. The summed E-state index contributed by atoms with van der Waals surface area (Å²) >= 11 is 0. The second-order valence-electron chi connectivity index (χ2n) is 5.96. The van der Waals surface area contributed by atoms with Gasteiger partial charge in [-0.25, -0.2) is 0 Å². The van der Waals surface area contributed by atoms with E-state index in [0.717, 1.165) is 24.9 Å². The van der Waals surface area contributed by atoms with Crippen LogP contribution in [0.3, 0.4) is 0 Å². The number of hydrogen-bond donors (Lipinski definition) is 0. The number of hydrogen-bond acceptors (Lipinski definition) is 4. The maximum absolute atomic E-state index is 12.8. The molecule has 0 aromatic carbocycles. The van der Waals surface area contributed by atoms with Gasteiger partial charge < -0.3 is 14.0 Å². The standard InChI is InChI=1S/C18H18N4O2/c23-18(14-11-15-5-1-2-9-21(15)12-14)22-10-4-6-16(13-22)24-17-7-3-8-19-20-17/h1-3,5,7-9,11-12,16H,4,6,10,13H2/t16-/m0/s1. The van der Waals surface area contributed by atoms with Crippen LogP contribution in [0.4, 0.5) is 0 Å². The van der Waals surface area contributed by atoms with E-state index in [1.165, 1.54) is 0 Å². The van der Waals surface area contributed by atoms with E-state index in [-0.39, 0.29) is 12.0 Å².